The molecule has 0 saturated carbocycles. The maximum atomic E-state index is 13.3. The predicted molar refractivity (Wildman–Crippen MR) is 117 cm³/mol. The number of benzene rings is 1. The van der Waals surface area contributed by atoms with Crippen LogP contribution in [0.2, 0.25) is 0 Å². The number of nitrogens with one attached hydrogen (secondary N) is 1. The highest BCUT2D eigenvalue weighted by Gasteiger charge is 2.43. The zero-order valence-electron chi connectivity index (χ0n) is 19.2. The molecule has 1 heterocycles. The zero-order chi connectivity index (χ0) is 24.2. The van der Waals surface area contributed by atoms with Crippen LogP contribution in [0.4, 0.5) is 0 Å². The Hall–Kier alpha value is -2.68. The Morgan fingerprint density at radius 2 is 1.66 bits per heavy atom. The molecule has 176 valence electrons. The van der Waals surface area contributed by atoms with E-state index in [0.717, 1.165) is 0 Å². The second-order valence-corrected chi connectivity index (χ2v) is 9.24. The molecule has 1 aliphatic rings. The Balaban J connectivity index is 2.70. The second-order valence-electron chi connectivity index (χ2n) is 7.74. The third-order valence-corrected chi connectivity index (χ3v) is 6.23. The van der Waals surface area contributed by atoms with E-state index in [1.807, 2.05) is 0 Å². The number of dihydropyridines is 1. The average Bonchev–Trinajstić information content (AvgIpc) is 2.65. The number of hydrogen-bond donors (Lipinski definition) is 1. The fourth-order valence-electron chi connectivity index (χ4n) is 3.42. The first-order chi connectivity index (χ1) is 14.9. The highest BCUT2D eigenvalue weighted by Crippen LogP contribution is 2.54. The number of nitro groups is 1. The summed E-state index contributed by atoms with van der Waals surface area (Å²) < 4.78 is 34.9. The van der Waals surface area contributed by atoms with Crippen LogP contribution in [0.3, 0.4) is 0 Å². The number of phosphoric ester groups is 1. The Morgan fingerprint density at radius 3 is 2.16 bits per heavy atom. The molecule has 1 aromatic rings. The number of ether oxygens (including phenoxy) is 1. The van der Waals surface area contributed by atoms with Gasteiger partial charge in [-0.05, 0) is 47.6 Å². The van der Waals surface area contributed by atoms with Crippen LogP contribution >= 0.6 is 7.82 Å². The molecular weight excluding hydrogens is 439 g/mol. The van der Waals surface area contributed by atoms with Crippen molar-refractivity contribution in [1.82, 2.24) is 5.32 Å². The number of para-hydroxylation sites is 1. The first-order valence-corrected chi connectivity index (χ1v) is 11.5. The number of phosphoric acid groups is 1. The lowest BCUT2D eigenvalue weighted by Gasteiger charge is -2.28. The largest absolute Gasteiger partial charge is 0.530 e. The van der Waals surface area contributed by atoms with Crippen LogP contribution < -0.4 is 9.84 Å². The highest BCUT2D eigenvalue weighted by atomic mass is 31.2. The van der Waals surface area contributed by atoms with Gasteiger partial charge < -0.3 is 14.6 Å². The molecule has 1 aliphatic heterocycles. The van der Waals surface area contributed by atoms with Crippen LogP contribution in [0.25, 0.3) is 0 Å². The van der Waals surface area contributed by atoms with Gasteiger partial charge in [0.25, 0.3) is 5.70 Å². The van der Waals surface area contributed by atoms with Gasteiger partial charge in [0.05, 0.1) is 35.5 Å². The van der Waals surface area contributed by atoms with Crippen LogP contribution in [0, 0.1) is 10.1 Å². The van der Waals surface area contributed by atoms with E-state index in [1.54, 1.807) is 59.7 Å². The van der Waals surface area contributed by atoms with E-state index in [-0.39, 0.29) is 28.3 Å². The van der Waals surface area contributed by atoms with E-state index in [0.29, 0.717) is 5.70 Å². The molecule has 1 aromatic carbocycles. The third-order valence-electron chi connectivity index (χ3n) is 4.45. The number of methoxy groups -OCH3 is 1. The Kier molecular flexibility index (Phi) is 8.23. The average molecular weight is 468 g/mol. The van der Waals surface area contributed by atoms with E-state index in [2.05, 4.69) is 5.32 Å². The van der Waals surface area contributed by atoms with Gasteiger partial charge in [0, 0.05) is 11.3 Å². The molecule has 0 amide bonds. The molecule has 0 aromatic heterocycles. The standard InChI is InChI=1S/C21H29N2O8P/c1-12(2)29-32(27,30-13(3)4)31-17-11-9-8-10-16(17)19-18(21(24)28-7)14(5)22-15(6)20(19)23(25)26/h8-13,19,22H,1-7H3/t19-/m0/s1. The lowest BCUT2D eigenvalue weighted by Crippen LogP contribution is -2.31. The van der Waals surface area contributed by atoms with Gasteiger partial charge in [0.1, 0.15) is 11.7 Å². The van der Waals surface area contributed by atoms with Crippen LogP contribution in [-0.2, 0) is 23.1 Å². The van der Waals surface area contributed by atoms with E-state index in [4.69, 9.17) is 18.3 Å². The van der Waals surface area contributed by atoms with E-state index in [9.17, 15) is 19.5 Å². The molecule has 0 radical (unpaired) electrons. The molecule has 0 bridgehead atoms. The molecule has 32 heavy (non-hydrogen) atoms. The number of carbonyl (C=O) groups excluding carboxylic acids is 1. The quantitative estimate of drug-likeness (QED) is 0.238. The fraction of sp³-hybridized carbons (Fsp3) is 0.476. The van der Waals surface area contributed by atoms with Gasteiger partial charge in [-0.3, -0.25) is 19.2 Å². The summed E-state index contributed by atoms with van der Waals surface area (Å²) in [7, 11) is -2.90. The van der Waals surface area contributed by atoms with Crippen LogP contribution in [0.1, 0.15) is 53.0 Å². The summed E-state index contributed by atoms with van der Waals surface area (Å²) in [6.07, 6.45) is -0.954. The second kappa shape index (κ2) is 10.3. The summed E-state index contributed by atoms with van der Waals surface area (Å²) in [5.74, 6) is -1.84. The van der Waals surface area contributed by atoms with Gasteiger partial charge in [-0.15, -0.1) is 0 Å². The molecule has 1 N–H and O–H groups in total. The van der Waals surface area contributed by atoms with Crippen molar-refractivity contribution in [2.45, 2.75) is 59.7 Å². The Morgan fingerprint density at radius 1 is 1.09 bits per heavy atom. The summed E-state index contributed by atoms with van der Waals surface area (Å²) in [5, 5.41) is 14.9. The van der Waals surface area contributed by atoms with Gasteiger partial charge in [-0.25, -0.2) is 9.36 Å². The maximum Gasteiger partial charge on any atom is 0.530 e. The van der Waals surface area contributed by atoms with Crippen molar-refractivity contribution in [3.63, 3.8) is 0 Å². The van der Waals surface area contributed by atoms with E-state index >= 15 is 0 Å². The Labute approximate surface area is 187 Å². The zero-order valence-corrected chi connectivity index (χ0v) is 20.1. The number of carbonyl (C=O) groups is 1. The molecule has 11 heteroatoms. The number of allylic oxidation sites excluding steroid dienone is 3. The lowest BCUT2D eigenvalue weighted by molar-refractivity contribution is -0.431. The van der Waals surface area contributed by atoms with Crippen LogP contribution in [0.5, 0.6) is 5.75 Å². The minimum atomic E-state index is -4.09. The first-order valence-electron chi connectivity index (χ1n) is 10.1. The number of nitrogens with zero attached hydrogens (tertiary/aromatic N) is 1. The monoisotopic (exact) mass is 468 g/mol. The molecule has 0 aliphatic carbocycles. The van der Waals surface area contributed by atoms with Crippen LogP contribution in [0.15, 0.2) is 46.9 Å². The summed E-state index contributed by atoms with van der Waals surface area (Å²) in [6, 6.07) is 6.31. The van der Waals surface area contributed by atoms with Crippen molar-refractivity contribution >= 4 is 13.8 Å². The minimum absolute atomic E-state index is 0.0328. The van der Waals surface area contributed by atoms with Crippen molar-refractivity contribution in [3.8, 4) is 5.75 Å². The van der Waals surface area contributed by atoms with Crippen molar-refractivity contribution in [2.24, 2.45) is 0 Å². The van der Waals surface area contributed by atoms with Gasteiger partial charge >= 0.3 is 13.8 Å². The number of hydrogen-bond acceptors (Lipinski definition) is 9. The fourth-order valence-corrected chi connectivity index (χ4v) is 4.99. The minimum Gasteiger partial charge on any atom is -0.466 e. The molecule has 0 fully saturated rings. The molecule has 0 saturated heterocycles. The topological polar surface area (TPSA) is 126 Å². The van der Waals surface area contributed by atoms with Crippen molar-refractivity contribution < 1.29 is 32.6 Å². The highest BCUT2D eigenvalue weighted by molar-refractivity contribution is 7.49. The molecule has 0 unspecified atom stereocenters. The van der Waals surface area contributed by atoms with Crippen molar-refractivity contribution in [1.29, 1.82) is 0 Å². The Bertz CT molecular complexity index is 985. The van der Waals surface area contributed by atoms with Gasteiger partial charge in [0.15, 0.2) is 0 Å². The van der Waals surface area contributed by atoms with Crippen molar-refractivity contribution in [3.05, 3.63) is 62.6 Å². The van der Waals surface area contributed by atoms with E-state index in [1.165, 1.54) is 13.2 Å². The lowest BCUT2D eigenvalue weighted by atomic mass is 9.83. The van der Waals surface area contributed by atoms with Crippen molar-refractivity contribution in [2.75, 3.05) is 7.11 Å². The SMILES string of the molecule is COC(=O)C1=C(C)NC(C)=C([N+](=O)[O-])[C@H]1c1ccccc1OP(=O)(OC(C)C)OC(C)C. The van der Waals surface area contributed by atoms with Gasteiger partial charge in [-0.2, -0.15) is 0 Å². The van der Waals surface area contributed by atoms with Gasteiger partial charge in [0.2, 0.25) is 0 Å². The molecule has 2 rings (SSSR count). The number of rotatable bonds is 9. The van der Waals surface area contributed by atoms with E-state index < -0.39 is 36.8 Å². The summed E-state index contributed by atoms with van der Waals surface area (Å²) in [4.78, 5) is 24.0. The first kappa shape index (κ1) is 25.6. The summed E-state index contributed by atoms with van der Waals surface area (Å²) in [6.45, 7) is 9.87. The molecule has 0 spiro atoms. The molecule has 1 atom stereocenters. The normalized spacial score (nSPS) is 17.0. The predicted octanol–water partition coefficient (Wildman–Crippen LogP) is 4.67. The third kappa shape index (κ3) is 5.76. The maximum absolute atomic E-state index is 13.3. The molecule has 10 nitrogen and oxygen atoms in total. The summed E-state index contributed by atoms with van der Waals surface area (Å²) in [5.41, 5.74) is 0.709. The van der Waals surface area contributed by atoms with Crippen LogP contribution in [-0.4, -0.2) is 30.2 Å². The van der Waals surface area contributed by atoms with Gasteiger partial charge in [-0.1, -0.05) is 18.2 Å². The summed E-state index contributed by atoms with van der Waals surface area (Å²) >= 11 is 0. The smallest absolute Gasteiger partial charge is 0.466 e. The number of esters is 1. The molecular formula is C21H29N2O8P.